The van der Waals surface area contributed by atoms with Gasteiger partial charge in [0.15, 0.2) is 0 Å². The van der Waals surface area contributed by atoms with Gasteiger partial charge >= 0.3 is 0 Å². The number of nitrogen functional groups attached to an aromatic ring is 1. The van der Waals surface area contributed by atoms with Crippen molar-refractivity contribution in [3.63, 3.8) is 0 Å². The van der Waals surface area contributed by atoms with Gasteiger partial charge in [-0.15, -0.1) is 11.3 Å². The first-order valence-corrected chi connectivity index (χ1v) is 10.7. The van der Waals surface area contributed by atoms with Crippen LogP contribution in [0.15, 0.2) is 66.7 Å². The molecule has 0 fully saturated rings. The van der Waals surface area contributed by atoms with Crippen molar-refractivity contribution in [2.45, 2.75) is 20.3 Å². The topological polar surface area (TPSA) is 68.0 Å². The Bertz CT molecular complexity index is 1240. The molecule has 2 heterocycles. The first-order valence-electron chi connectivity index (χ1n) is 9.91. The minimum atomic E-state index is -0.207. The second-order valence-corrected chi connectivity index (χ2v) is 8.02. The molecule has 0 aliphatic rings. The highest BCUT2D eigenvalue weighted by Crippen LogP contribution is 2.34. The van der Waals surface area contributed by atoms with Crippen molar-refractivity contribution in [1.29, 1.82) is 0 Å². The normalized spacial score (nSPS) is 11.3. The number of hydrogen-bond acceptors (Lipinski definition) is 4. The van der Waals surface area contributed by atoms with Crippen molar-refractivity contribution in [2.24, 2.45) is 0 Å². The van der Waals surface area contributed by atoms with Gasteiger partial charge in [-0.1, -0.05) is 55.5 Å². The Morgan fingerprint density at radius 2 is 1.93 bits per heavy atom. The summed E-state index contributed by atoms with van der Waals surface area (Å²) in [5, 5.41) is 3.76. The molecule has 5 heteroatoms. The van der Waals surface area contributed by atoms with Crippen LogP contribution in [-0.2, 0) is 6.42 Å². The van der Waals surface area contributed by atoms with Crippen LogP contribution in [0.3, 0.4) is 0 Å². The van der Waals surface area contributed by atoms with Crippen LogP contribution in [0, 0.1) is 0 Å². The Hall–Kier alpha value is -3.44. The summed E-state index contributed by atoms with van der Waals surface area (Å²) in [7, 11) is 0. The zero-order chi connectivity index (χ0) is 21.1. The fourth-order valence-electron chi connectivity index (χ4n) is 3.34. The van der Waals surface area contributed by atoms with Crippen LogP contribution in [0.25, 0.3) is 27.6 Å². The Balaban J connectivity index is 1.63. The zero-order valence-electron chi connectivity index (χ0n) is 17.0. The number of aryl methyl sites for hydroxylation is 1. The molecule has 0 spiro atoms. The first-order chi connectivity index (χ1) is 14.6. The van der Waals surface area contributed by atoms with Crippen LogP contribution in [0.2, 0.25) is 0 Å². The summed E-state index contributed by atoms with van der Waals surface area (Å²) < 4.78 is 0. The second-order valence-electron chi connectivity index (χ2n) is 7.02. The molecule has 0 saturated carbocycles. The smallest absolute Gasteiger partial charge is 0.267 e. The zero-order valence-corrected chi connectivity index (χ0v) is 17.8. The van der Waals surface area contributed by atoms with E-state index in [1.165, 1.54) is 16.9 Å². The molecular formula is C25H23N3OS. The largest absolute Gasteiger partial charge is 0.397 e. The molecule has 0 radical (unpaired) electrons. The van der Waals surface area contributed by atoms with E-state index in [0.29, 0.717) is 10.6 Å². The number of hydrogen-bond donors (Lipinski definition) is 2. The molecule has 30 heavy (non-hydrogen) atoms. The standard InChI is InChI=1S/C25H23N3OS/c1-3-6-17-9-11-18(12-10-17)21-14-13-20-22(26)23(30-25(20)28-21)24(29)27-19-8-5-7-16(4-2)15-19/h3,5-15H,4,26H2,1-2H3,(H,27,29). The molecule has 3 N–H and O–H groups in total. The lowest BCUT2D eigenvalue weighted by Crippen LogP contribution is -2.12. The number of nitrogens with zero attached hydrogens (tertiary/aromatic N) is 1. The Morgan fingerprint density at radius 1 is 1.13 bits per heavy atom. The summed E-state index contributed by atoms with van der Waals surface area (Å²) in [6, 6.07) is 20.0. The van der Waals surface area contributed by atoms with Gasteiger partial charge in [0.1, 0.15) is 9.71 Å². The van der Waals surface area contributed by atoms with Gasteiger partial charge in [-0.3, -0.25) is 4.79 Å². The Morgan fingerprint density at radius 3 is 2.67 bits per heavy atom. The number of benzene rings is 2. The number of rotatable bonds is 5. The van der Waals surface area contributed by atoms with E-state index in [4.69, 9.17) is 10.7 Å². The van der Waals surface area contributed by atoms with Gasteiger partial charge in [0.25, 0.3) is 5.91 Å². The predicted molar refractivity (Wildman–Crippen MR) is 128 cm³/mol. The lowest BCUT2D eigenvalue weighted by molar-refractivity contribution is 0.103. The summed E-state index contributed by atoms with van der Waals surface area (Å²) in [5.74, 6) is -0.207. The molecule has 4 rings (SSSR count). The van der Waals surface area contributed by atoms with Gasteiger partial charge in [-0.2, -0.15) is 0 Å². The number of anilines is 2. The number of fused-ring (bicyclic) bond motifs is 1. The molecule has 0 unspecified atom stereocenters. The summed E-state index contributed by atoms with van der Waals surface area (Å²) in [4.78, 5) is 18.8. The minimum Gasteiger partial charge on any atom is -0.397 e. The van der Waals surface area contributed by atoms with E-state index in [1.54, 1.807) is 0 Å². The van der Waals surface area contributed by atoms with E-state index in [9.17, 15) is 4.79 Å². The van der Waals surface area contributed by atoms with Gasteiger partial charge in [0, 0.05) is 16.6 Å². The Kier molecular flexibility index (Phi) is 5.63. The van der Waals surface area contributed by atoms with E-state index < -0.39 is 0 Å². The van der Waals surface area contributed by atoms with Crippen molar-refractivity contribution >= 4 is 44.9 Å². The molecule has 150 valence electrons. The number of pyridine rings is 1. The molecular weight excluding hydrogens is 390 g/mol. The molecule has 0 aliphatic heterocycles. The number of nitrogens with two attached hydrogens (primary N) is 1. The number of thiophene rings is 1. The number of amides is 1. The Labute approximate surface area is 180 Å². The average Bonchev–Trinajstić information content (AvgIpc) is 3.10. The number of carbonyl (C=O) groups is 1. The molecule has 0 saturated heterocycles. The fraction of sp³-hybridized carbons (Fsp3) is 0.120. The minimum absolute atomic E-state index is 0.207. The molecule has 1 amide bonds. The average molecular weight is 414 g/mol. The van der Waals surface area contributed by atoms with Gasteiger partial charge in [0.05, 0.1) is 11.4 Å². The highest BCUT2D eigenvalue weighted by atomic mass is 32.1. The molecule has 4 nitrogen and oxygen atoms in total. The number of allylic oxidation sites excluding steroid dienone is 1. The monoisotopic (exact) mass is 413 g/mol. The van der Waals surface area contributed by atoms with Crippen molar-refractivity contribution in [2.75, 3.05) is 11.1 Å². The summed E-state index contributed by atoms with van der Waals surface area (Å²) in [5.41, 5.74) is 11.7. The van der Waals surface area contributed by atoms with Gasteiger partial charge in [-0.25, -0.2) is 4.98 Å². The second kappa shape index (κ2) is 8.51. The molecule has 2 aromatic carbocycles. The number of nitrogens with one attached hydrogen (secondary N) is 1. The predicted octanol–water partition coefficient (Wildman–Crippen LogP) is 6.39. The lowest BCUT2D eigenvalue weighted by atomic mass is 10.1. The lowest BCUT2D eigenvalue weighted by Gasteiger charge is -2.06. The maximum atomic E-state index is 12.8. The van der Waals surface area contributed by atoms with Crippen LogP contribution in [0.4, 0.5) is 11.4 Å². The van der Waals surface area contributed by atoms with Crippen molar-refractivity contribution in [3.05, 3.63) is 82.7 Å². The highest BCUT2D eigenvalue weighted by Gasteiger charge is 2.18. The molecule has 0 atom stereocenters. The van der Waals surface area contributed by atoms with E-state index in [-0.39, 0.29) is 5.91 Å². The SMILES string of the molecule is CC=Cc1ccc(-c2ccc3c(N)c(C(=O)Nc4cccc(CC)c4)sc3n2)cc1. The van der Waals surface area contributed by atoms with Gasteiger partial charge < -0.3 is 11.1 Å². The molecule has 0 aliphatic carbocycles. The van der Waals surface area contributed by atoms with Crippen LogP contribution >= 0.6 is 11.3 Å². The quantitative estimate of drug-likeness (QED) is 0.398. The maximum Gasteiger partial charge on any atom is 0.267 e. The summed E-state index contributed by atoms with van der Waals surface area (Å²) >= 11 is 1.32. The van der Waals surface area contributed by atoms with Crippen LogP contribution < -0.4 is 11.1 Å². The maximum absolute atomic E-state index is 12.8. The third-order valence-electron chi connectivity index (χ3n) is 4.96. The molecule has 2 aromatic heterocycles. The van der Waals surface area contributed by atoms with E-state index in [0.717, 1.165) is 39.1 Å². The van der Waals surface area contributed by atoms with Crippen molar-refractivity contribution in [1.82, 2.24) is 4.98 Å². The molecule has 4 aromatic rings. The summed E-state index contributed by atoms with van der Waals surface area (Å²) in [6.45, 7) is 4.08. The van der Waals surface area contributed by atoms with Gasteiger partial charge in [0.2, 0.25) is 0 Å². The van der Waals surface area contributed by atoms with Gasteiger partial charge in [-0.05, 0) is 48.7 Å². The number of carbonyl (C=O) groups excluding carboxylic acids is 1. The van der Waals surface area contributed by atoms with Crippen molar-refractivity contribution < 1.29 is 4.79 Å². The van der Waals surface area contributed by atoms with Crippen LogP contribution in [-0.4, -0.2) is 10.9 Å². The third-order valence-corrected chi connectivity index (χ3v) is 6.07. The van der Waals surface area contributed by atoms with E-state index in [2.05, 4.69) is 42.6 Å². The summed E-state index contributed by atoms with van der Waals surface area (Å²) in [6.07, 6.45) is 4.98. The number of aromatic nitrogens is 1. The fourth-order valence-corrected chi connectivity index (χ4v) is 4.33. The first kappa shape index (κ1) is 19.9. The highest BCUT2D eigenvalue weighted by molar-refractivity contribution is 7.21. The third kappa shape index (κ3) is 3.98. The van der Waals surface area contributed by atoms with Crippen LogP contribution in [0.1, 0.15) is 34.6 Å². The molecule has 0 bridgehead atoms. The van der Waals surface area contributed by atoms with E-state index >= 15 is 0 Å². The van der Waals surface area contributed by atoms with E-state index in [1.807, 2.05) is 49.4 Å². The van der Waals surface area contributed by atoms with Crippen LogP contribution in [0.5, 0.6) is 0 Å². The van der Waals surface area contributed by atoms with Crippen molar-refractivity contribution in [3.8, 4) is 11.3 Å².